The van der Waals surface area contributed by atoms with Gasteiger partial charge in [0, 0.05) is 11.1 Å². The molecule has 1 aromatic rings. The first-order valence-corrected chi connectivity index (χ1v) is 8.96. The van der Waals surface area contributed by atoms with Crippen LogP contribution in [0.15, 0.2) is 24.3 Å². The van der Waals surface area contributed by atoms with Gasteiger partial charge in [0.15, 0.2) is 0 Å². The molecule has 4 bridgehead atoms. The third-order valence-corrected chi connectivity index (χ3v) is 6.64. The largest absolute Gasteiger partial charge is 0.313 e. The maximum Gasteiger partial charge on any atom is 0.0409 e. The zero-order valence-electron chi connectivity index (χ0n) is 12.9. The van der Waals surface area contributed by atoms with E-state index in [9.17, 15) is 0 Å². The first-order valence-electron chi connectivity index (χ1n) is 8.58. The van der Waals surface area contributed by atoms with E-state index < -0.39 is 0 Å². The van der Waals surface area contributed by atoms with Gasteiger partial charge in [-0.25, -0.2) is 0 Å². The Balaban J connectivity index is 1.56. The van der Waals surface area contributed by atoms with Crippen LogP contribution in [-0.2, 0) is 0 Å². The zero-order chi connectivity index (χ0) is 14.4. The van der Waals surface area contributed by atoms with Gasteiger partial charge in [0.1, 0.15) is 0 Å². The lowest BCUT2D eigenvalue weighted by Gasteiger charge is -2.57. The summed E-state index contributed by atoms with van der Waals surface area (Å²) in [6, 6.07) is 8.89. The lowest BCUT2D eigenvalue weighted by Crippen LogP contribution is -2.47. The number of benzene rings is 1. The van der Waals surface area contributed by atoms with E-state index in [2.05, 4.69) is 30.6 Å². The highest BCUT2D eigenvalue weighted by molar-refractivity contribution is 6.30. The standard InChI is InChI=1S/C19H26ClN/c1-21-18(16-3-2-4-17(20)8-16)12-19-9-13-5-14(10-19)7-15(6-13)11-19/h2-4,8,13-15,18,21H,5-7,9-12H2,1H3. The molecule has 4 aliphatic carbocycles. The Bertz CT molecular complexity index is 489. The molecule has 4 aliphatic rings. The van der Waals surface area contributed by atoms with Crippen LogP contribution in [0.3, 0.4) is 0 Å². The van der Waals surface area contributed by atoms with E-state index in [0.29, 0.717) is 11.5 Å². The molecule has 0 radical (unpaired) electrons. The van der Waals surface area contributed by atoms with Gasteiger partial charge < -0.3 is 5.32 Å². The molecule has 1 nitrogen and oxygen atoms in total. The van der Waals surface area contributed by atoms with Gasteiger partial charge in [-0.15, -0.1) is 0 Å². The fraction of sp³-hybridized carbons (Fsp3) is 0.684. The predicted molar refractivity (Wildman–Crippen MR) is 88.5 cm³/mol. The lowest BCUT2D eigenvalue weighted by molar-refractivity contribution is -0.0619. The molecule has 5 rings (SSSR count). The van der Waals surface area contributed by atoms with Crippen LogP contribution >= 0.6 is 11.6 Å². The van der Waals surface area contributed by atoms with Crippen LogP contribution in [0, 0.1) is 23.2 Å². The van der Waals surface area contributed by atoms with Crippen molar-refractivity contribution in [3.05, 3.63) is 34.9 Å². The summed E-state index contributed by atoms with van der Waals surface area (Å²) < 4.78 is 0. The van der Waals surface area contributed by atoms with E-state index in [1.165, 1.54) is 50.5 Å². The highest BCUT2D eigenvalue weighted by Gasteiger charge is 2.51. The molecule has 0 spiro atoms. The predicted octanol–water partition coefficient (Wildman–Crippen LogP) is 5.21. The van der Waals surface area contributed by atoms with E-state index in [1.807, 2.05) is 6.07 Å². The summed E-state index contributed by atoms with van der Waals surface area (Å²) in [6.45, 7) is 0. The molecular weight excluding hydrogens is 278 g/mol. The van der Waals surface area contributed by atoms with E-state index in [-0.39, 0.29) is 0 Å². The SMILES string of the molecule is CNC(CC12CC3CC(CC(C3)C1)C2)c1cccc(Cl)c1. The minimum absolute atomic E-state index is 0.458. The number of rotatable bonds is 4. The van der Waals surface area contributed by atoms with Crippen LogP contribution in [0.2, 0.25) is 5.02 Å². The summed E-state index contributed by atoms with van der Waals surface area (Å²) in [5.41, 5.74) is 1.98. The molecule has 21 heavy (non-hydrogen) atoms. The smallest absolute Gasteiger partial charge is 0.0409 e. The molecule has 0 aromatic heterocycles. The molecule has 4 saturated carbocycles. The van der Waals surface area contributed by atoms with Gasteiger partial charge in [0.2, 0.25) is 0 Å². The Morgan fingerprint density at radius 3 is 2.29 bits per heavy atom. The monoisotopic (exact) mass is 303 g/mol. The van der Waals surface area contributed by atoms with Crippen LogP contribution in [0.4, 0.5) is 0 Å². The molecule has 0 amide bonds. The first-order chi connectivity index (χ1) is 10.2. The Morgan fingerprint density at radius 2 is 1.76 bits per heavy atom. The van der Waals surface area contributed by atoms with Crippen LogP contribution in [0.5, 0.6) is 0 Å². The Hall–Kier alpha value is -0.530. The second-order valence-corrected chi connectivity index (χ2v) is 8.45. The fourth-order valence-corrected chi connectivity index (χ4v) is 6.28. The third-order valence-electron chi connectivity index (χ3n) is 6.40. The normalized spacial score (nSPS) is 38.7. The van der Waals surface area contributed by atoms with Crippen molar-refractivity contribution < 1.29 is 0 Å². The lowest BCUT2D eigenvalue weighted by atomic mass is 9.48. The van der Waals surface area contributed by atoms with Crippen molar-refractivity contribution in [1.29, 1.82) is 0 Å². The van der Waals surface area contributed by atoms with Crippen molar-refractivity contribution in [2.45, 2.75) is 51.0 Å². The van der Waals surface area contributed by atoms with Crippen molar-refractivity contribution in [1.82, 2.24) is 5.32 Å². The van der Waals surface area contributed by atoms with Gasteiger partial charge in [-0.1, -0.05) is 23.7 Å². The maximum atomic E-state index is 6.19. The fourth-order valence-electron chi connectivity index (χ4n) is 6.08. The first kappa shape index (κ1) is 14.1. The van der Waals surface area contributed by atoms with Crippen LogP contribution in [0.1, 0.15) is 56.6 Å². The average molecular weight is 304 g/mol. The second kappa shape index (κ2) is 5.28. The van der Waals surface area contributed by atoms with Gasteiger partial charge >= 0.3 is 0 Å². The summed E-state index contributed by atoms with van der Waals surface area (Å²) in [6.07, 6.45) is 10.3. The molecule has 0 saturated heterocycles. The van der Waals surface area contributed by atoms with Crippen molar-refractivity contribution in [3.63, 3.8) is 0 Å². The molecular formula is C19H26ClN. The zero-order valence-corrected chi connectivity index (χ0v) is 13.7. The number of hydrogen-bond acceptors (Lipinski definition) is 1. The van der Waals surface area contributed by atoms with Gasteiger partial charge in [0.05, 0.1) is 0 Å². The molecule has 0 aliphatic heterocycles. The molecule has 0 heterocycles. The van der Waals surface area contributed by atoms with Gasteiger partial charge in [-0.05, 0) is 92.9 Å². The number of halogens is 1. The van der Waals surface area contributed by atoms with E-state index in [1.54, 1.807) is 0 Å². The Kier molecular flexibility index (Phi) is 3.54. The van der Waals surface area contributed by atoms with Gasteiger partial charge in [0.25, 0.3) is 0 Å². The van der Waals surface area contributed by atoms with Crippen molar-refractivity contribution in [3.8, 4) is 0 Å². The number of nitrogens with one attached hydrogen (secondary N) is 1. The Morgan fingerprint density at radius 1 is 1.14 bits per heavy atom. The van der Waals surface area contributed by atoms with Crippen molar-refractivity contribution in [2.24, 2.45) is 23.2 Å². The highest BCUT2D eigenvalue weighted by atomic mass is 35.5. The summed E-state index contributed by atoms with van der Waals surface area (Å²) in [5.74, 6) is 3.11. The third kappa shape index (κ3) is 2.64. The van der Waals surface area contributed by atoms with Gasteiger partial charge in [-0.3, -0.25) is 0 Å². The molecule has 1 atom stereocenters. The molecule has 1 unspecified atom stereocenters. The molecule has 4 fully saturated rings. The minimum atomic E-state index is 0.458. The quantitative estimate of drug-likeness (QED) is 0.805. The topological polar surface area (TPSA) is 12.0 Å². The van der Waals surface area contributed by atoms with Crippen molar-refractivity contribution in [2.75, 3.05) is 7.05 Å². The summed E-state index contributed by atoms with van der Waals surface area (Å²) in [4.78, 5) is 0. The molecule has 114 valence electrons. The summed E-state index contributed by atoms with van der Waals surface area (Å²) in [5, 5.41) is 4.42. The van der Waals surface area contributed by atoms with E-state index in [4.69, 9.17) is 11.6 Å². The molecule has 1 N–H and O–H groups in total. The number of hydrogen-bond donors (Lipinski definition) is 1. The maximum absolute atomic E-state index is 6.19. The van der Waals surface area contributed by atoms with Crippen LogP contribution in [-0.4, -0.2) is 7.05 Å². The highest BCUT2D eigenvalue weighted by Crippen LogP contribution is 2.62. The molecule has 2 heteroatoms. The summed E-state index contributed by atoms with van der Waals surface area (Å²) >= 11 is 6.19. The minimum Gasteiger partial charge on any atom is -0.313 e. The van der Waals surface area contributed by atoms with E-state index >= 15 is 0 Å². The second-order valence-electron chi connectivity index (χ2n) is 8.02. The van der Waals surface area contributed by atoms with Gasteiger partial charge in [-0.2, -0.15) is 0 Å². The summed E-state index contributed by atoms with van der Waals surface area (Å²) in [7, 11) is 2.10. The van der Waals surface area contributed by atoms with Crippen LogP contribution < -0.4 is 5.32 Å². The Labute approximate surface area is 133 Å². The molecule has 1 aromatic carbocycles. The van der Waals surface area contributed by atoms with Crippen LogP contribution in [0.25, 0.3) is 0 Å². The average Bonchev–Trinajstić information content (AvgIpc) is 2.43. The van der Waals surface area contributed by atoms with E-state index in [0.717, 1.165) is 22.8 Å². The van der Waals surface area contributed by atoms with Crippen molar-refractivity contribution >= 4 is 11.6 Å².